The number of hydrogen-bond acceptors (Lipinski definition) is 4. The van der Waals surface area contributed by atoms with E-state index in [0.29, 0.717) is 35.3 Å². The van der Waals surface area contributed by atoms with E-state index in [0.717, 1.165) is 5.56 Å². The Bertz CT molecular complexity index is 816. The summed E-state index contributed by atoms with van der Waals surface area (Å²) in [6, 6.07) is 16.4. The average molecular weight is 342 g/mol. The van der Waals surface area contributed by atoms with Crippen molar-refractivity contribution in [2.45, 2.75) is 6.42 Å². The van der Waals surface area contributed by atoms with Crippen LogP contribution in [0.25, 0.3) is 11.5 Å². The van der Waals surface area contributed by atoms with Crippen molar-refractivity contribution in [2.24, 2.45) is 0 Å². The van der Waals surface area contributed by atoms with Gasteiger partial charge in [-0.1, -0.05) is 35.0 Å². The minimum Gasteiger partial charge on any atom is -0.341 e. The molecule has 24 heavy (non-hydrogen) atoms. The standard InChI is InChI=1S/C18H16ClN3O2/c1-22(18(23)14-7-9-15(19)10-8-14)12-11-16-20-17(24-21-16)13-5-3-2-4-6-13/h2-10H,11-12H2,1H3. The van der Waals surface area contributed by atoms with E-state index in [1.54, 1.807) is 36.2 Å². The Morgan fingerprint density at radius 3 is 2.54 bits per heavy atom. The van der Waals surface area contributed by atoms with E-state index in [1.165, 1.54) is 0 Å². The fraction of sp³-hybridized carbons (Fsp3) is 0.167. The van der Waals surface area contributed by atoms with Crippen molar-refractivity contribution in [3.63, 3.8) is 0 Å². The normalized spacial score (nSPS) is 10.6. The molecule has 5 nitrogen and oxygen atoms in total. The highest BCUT2D eigenvalue weighted by molar-refractivity contribution is 6.30. The number of aromatic nitrogens is 2. The number of halogens is 1. The third-order valence-corrected chi connectivity index (χ3v) is 3.85. The topological polar surface area (TPSA) is 59.2 Å². The molecule has 0 unspecified atom stereocenters. The first-order valence-corrected chi connectivity index (χ1v) is 7.90. The van der Waals surface area contributed by atoms with Crippen LogP contribution >= 0.6 is 11.6 Å². The van der Waals surface area contributed by atoms with Crippen molar-refractivity contribution in [1.82, 2.24) is 15.0 Å². The van der Waals surface area contributed by atoms with Crippen LogP contribution in [0.1, 0.15) is 16.2 Å². The minimum absolute atomic E-state index is 0.0709. The Hall–Kier alpha value is -2.66. The van der Waals surface area contributed by atoms with Gasteiger partial charge >= 0.3 is 0 Å². The molecule has 2 aromatic carbocycles. The largest absolute Gasteiger partial charge is 0.341 e. The lowest BCUT2D eigenvalue weighted by Crippen LogP contribution is -2.29. The van der Waals surface area contributed by atoms with E-state index >= 15 is 0 Å². The van der Waals surface area contributed by atoms with E-state index < -0.39 is 0 Å². The van der Waals surface area contributed by atoms with Crippen molar-refractivity contribution in [2.75, 3.05) is 13.6 Å². The quantitative estimate of drug-likeness (QED) is 0.710. The van der Waals surface area contributed by atoms with Gasteiger partial charge in [0.1, 0.15) is 0 Å². The van der Waals surface area contributed by atoms with Gasteiger partial charge in [0.15, 0.2) is 5.82 Å². The lowest BCUT2D eigenvalue weighted by molar-refractivity contribution is 0.0796. The van der Waals surface area contributed by atoms with Crippen molar-refractivity contribution >= 4 is 17.5 Å². The summed E-state index contributed by atoms with van der Waals surface area (Å²) in [6.45, 7) is 0.495. The first-order chi connectivity index (χ1) is 11.6. The van der Waals surface area contributed by atoms with Crippen molar-refractivity contribution < 1.29 is 9.32 Å². The van der Waals surface area contributed by atoms with Crippen molar-refractivity contribution in [3.8, 4) is 11.5 Å². The molecule has 122 valence electrons. The Morgan fingerprint density at radius 2 is 1.83 bits per heavy atom. The second-order valence-electron chi connectivity index (χ2n) is 5.37. The number of carbonyl (C=O) groups excluding carboxylic acids is 1. The molecule has 0 saturated heterocycles. The van der Waals surface area contributed by atoms with Gasteiger partial charge in [0, 0.05) is 36.2 Å². The number of carbonyl (C=O) groups is 1. The molecular formula is C18H16ClN3O2. The van der Waals surface area contributed by atoms with Crippen LogP contribution in [0.4, 0.5) is 0 Å². The summed E-state index contributed by atoms with van der Waals surface area (Å²) >= 11 is 5.84. The van der Waals surface area contributed by atoms with Crippen molar-refractivity contribution in [3.05, 3.63) is 71.0 Å². The van der Waals surface area contributed by atoms with Crippen LogP contribution in [0.2, 0.25) is 5.02 Å². The number of rotatable bonds is 5. The Balaban J connectivity index is 1.60. The highest BCUT2D eigenvalue weighted by Crippen LogP contribution is 2.16. The minimum atomic E-state index is -0.0709. The molecule has 6 heteroatoms. The smallest absolute Gasteiger partial charge is 0.257 e. The van der Waals surface area contributed by atoms with Crippen molar-refractivity contribution in [1.29, 1.82) is 0 Å². The van der Waals surface area contributed by atoms with Crippen LogP contribution in [-0.2, 0) is 6.42 Å². The maximum absolute atomic E-state index is 12.3. The van der Waals surface area contributed by atoms with Gasteiger partial charge in [0.2, 0.25) is 0 Å². The van der Waals surface area contributed by atoms with E-state index in [2.05, 4.69) is 10.1 Å². The zero-order valence-electron chi connectivity index (χ0n) is 13.1. The van der Waals surface area contributed by atoms with Gasteiger partial charge < -0.3 is 9.42 Å². The number of likely N-dealkylation sites (N-methyl/N-ethyl adjacent to an activating group) is 1. The van der Waals surface area contributed by atoms with E-state index in [4.69, 9.17) is 16.1 Å². The van der Waals surface area contributed by atoms with Crippen LogP contribution < -0.4 is 0 Å². The molecule has 0 atom stereocenters. The highest BCUT2D eigenvalue weighted by Gasteiger charge is 2.14. The number of hydrogen-bond donors (Lipinski definition) is 0. The van der Waals surface area contributed by atoms with E-state index in [-0.39, 0.29) is 5.91 Å². The fourth-order valence-electron chi connectivity index (χ4n) is 2.24. The van der Waals surface area contributed by atoms with Crippen LogP contribution in [0.3, 0.4) is 0 Å². The molecule has 3 rings (SSSR count). The Morgan fingerprint density at radius 1 is 1.12 bits per heavy atom. The summed E-state index contributed by atoms with van der Waals surface area (Å²) < 4.78 is 5.26. The lowest BCUT2D eigenvalue weighted by atomic mass is 10.2. The first kappa shape index (κ1) is 16.2. The predicted octanol–water partition coefficient (Wildman–Crippen LogP) is 3.70. The summed E-state index contributed by atoms with van der Waals surface area (Å²) in [5.41, 5.74) is 1.47. The molecular weight excluding hydrogens is 326 g/mol. The number of amides is 1. The second-order valence-corrected chi connectivity index (χ2v) is 5.80. The van der Waals surface area contributed by atoms with Crippen LogP contribution in [0.15, 0.2) is 59.1 Å². The van der Waals surface area contributed by atoms with Gasteiger partial charge in [-0.3, -0.25) is 4.79 Å². The maximum atomic E-state index is 12.3. The number of benzene rings is 2. The number of nitrogens with zero attached hydrogens (tertiary/aromatic N) is 3. The molecule has 3 aromatic rings. The molecule has 1 aromatic heterocycles. The van der Waals surface area contributed by atoms with Gasteiger partial charge in [-0.2, -0.15) is 4.98 Å². The molecule has 0 saturated carbocycles. The molecule has 0 N–H and O–H groups in total. The van der Waals surface area contributed by atoms with E-state index in [9.17, 15) is 4.79 Å². The van der Waals surface area contributed by atoms with Crippen LogP contribution in [0, 0.1) is 0 Å². The maximum Gasteiger partial charge on any atom is 0.257 e. The molecule has 0 aliphatic heterocycles. The molecule has 1 amide bonds. The molecule has 0 aliphatic carbocycles. The summed E-state index contributed by atoms with van der Waals surface area (Å²) in [5, 5.41) is 4.57. The molecule has 0 aliphatic rings. The SMILES string of the molecule is CN(CCc1noc(-c2ccccc2)n1)C(=O)c1ccc(Cl)cc1. The second kappa shape index (κ2) is 7.27. The summed E-state index contributed by atoms with van der Waals surface area (Å²) in [5.74, 6) is 0.986. The van der Waals surface area contributed by atoms with E-state index in [1.807, 2.05) is 30.3 Å². The zero-order chi connectivity index (χ0) is 16.9. The van der Waals surface area contributed by atoms with Crippen LogP contribution in [0.5, 0.6) is 0 Å². The summed E-state index contributed by atoms with van der Waals surface area (Å²) in [4.78, 5) is 18.3. The van der Waals surface area contributed by atoms with Gasteiger partial charge in [-0.15, -0.1) is 0 Å². The van der Waals surface area contributed by atoms with Crippen LogP contribution in [-0.4, -0.2) is 34.5 Å². The summed E-state index contributed by atoms with van der Waals surface area (Å²) in [6.07, 6.45) is 0.520. The monoisotopic (exact) mass is 341 g/mol. The Labute approximate surface area is 144 Å². The lowest BCUT2D eigenvalue weighted by Gasteiger charge is -2.16. The fourth-order valence-corrected chi connectivity index (χ4v) is 2.36. The average Bonchev–Trinajstić information content (AvgIpc) is 3.09. The van der Waals surface area contributed by atoms with Gasteiger partial charge in [0.05, 0.1) is 0 Å². The molecule has 0 spiro atoms. The third kappa shape index (κ3) is 3.81. The van der Waals surface area contributed by atoms with Gasteiger partial charge in [-0.25, -0.2) is 0 Å². The summed E-state index contributed by atoms with van der Waals surface area (Å²) in [7, 11) is 1.75. The van der Waals surface area contributed by atoms with Gasteiger partial charge in [0.25, 0.3) is 11.8 Å². The first-order valence-electron chi connectivity index (χ1n) is 7.52. The highest BCUT2D eigenvalue weighted by atomic mass is 35.5. The zero-order valence-corrected chi connectivity index (χ0v) is 13.9. The molecule has 0 bridgehead atoms. The van der Waals surface area contributed by atoms with Gasteiger partial charge in [-0.05, 0) is 36.4 Å². The Kier molecular flexibility index (Phi) is 4.91. The molecule has 1 heterocycles. The molecule has 0 radical (unpaired) electrons. The molecule has 0 fully saturated rings. The predicted molar refractivity (Wildman–Crippen MR) is 91.9 cm³/mol. The third-order valence-electron chi connectivity index (χ3n) is 3.60.